The summed E-state index contributed by atoms with van der Waals surface area (Å²) in [4.78, 5) is 0. The average Bonchev–Trinajstić information content (AvgIpc) is 2.76. The second kappa shape index (κ2) is 6.59. The quantitative estimate of drug-likeness (QED) is 0.799. The van der Waals surface area contributed by atoms with Crippen molar-refractivity contribution in [1.29, 1.82) is 0 Å². The third-order valence-electron chi connectivity index (χ3n) is 2.44. The molecule has 1 aromatic carbocycles. The van der Waals surface area contributed by atoms with Crippen LogP contribution in [0.4, 0.5) is 5.13 Å². The Bertz CT molecular complexity index is 542. The van der Waals surface area contributed by atoms with Crippen LogP contribution in [0.25, 0.3) is 0 Å². The molecule has 0 bridgehead atoms. The van der Waals surface area contributed by atoms with Crippen molar-refractivity contribution in [1.82, 2.24) is 10.2 Å². The Morgan fingerprint density at radius 1 is 1.21 bits per heavy atom. The Hall–Kier alpha value is -0.780. The van der Waals surface area contributed by atoms with Crippen LogP contribution in [0.1, 0.15) is 31.6 Å². The molecule has 0 saturated carbocycles. The van der Waals surface area contributed by atoms with Gasteiger partial charge in [-0.3, -0.25) is 0 Å². The van der Waals surface area contributed by atoms with E-state index in [1.165, 1.54) is 0 Å². The van der Waals surface area contributed by atoms with Gasteiger partial charge in [0.15, 0.2) is 4.34 Å². The minimum absolute atomic E-state index is 0.258. The van der Waals surface area contributed by atoms with Crippen LogP contribution in [0.3, 0.4) is 0 Å². The Labute approximate surface area is 126 Å². The highest BCUT2D eigenvalue weighted by Crippen LogP contribution is 2.39. The van der Waals surface area contributed by atoms with Gasteiger partial charge in [-0.2, -0.15) is 0 Å². The second-order valence-corrected chi connectivity index (χ2v) is 7.43. The molecule has 0 radical (unpaired) electrons. The molecule has 2 rings (SSSR count). The van der Waals surface area contributed by atoms with Crippen LogP contribution in [0.15, 0.2) is 28.6 Å². The summed E-state index contributed by atoms with van der Waals surface area (Å²) in [5.74, 6) is 0. The fraction of sp³-hybridized carbons (Fsp3) is 0.385. The van der Waals surface area contributed by atoms with E-state index in [-0.39, 0.29) is 5.25 Å². The molecule has 102 valence electrons. The number of thioether (sulfide) groups is 1. The molecule has 1 aromatic heterocycles. The Kier molecular flexibility index (Phi) is 5.07. The largest absolute Gasteiger partial charge is 0.358 e. The van der Waals surface area contributed by atoms with Crippen LogP contribution in [-0.2, 0) is 0 Å². The third kappa shape index (κ3) is 4.09. The Morgan fingerprint density at radius 2 is 1.95 bits per heavy atom. The van der Waals surface area contributed by atoms with Crippen molar-refractivity contribution in [3.63, 3.8) is 0 Å². The van der Waals surface area contributed by atoms with Crippen molar-refractivity contribution in [3.05, 3.63) is 34.9 Å². The van der Waals surface area contributed by atoms with Gasteiger partial charge in [0.05, 0.1) is 0 Å². The maximum atomic E-state index is 6.20. The molecule has 6 heteroatoms. The predicted molar refractivity (Wildman–Crippen MR) is 84.4 cm³/mol. The maximum Gasteiger partial charge on any atom is 0.206 e. The maximum absolute atomic E-state index is 6.20. The van der Waals surface area contributed by atoms with E-state index >= 15 is 0 Å². The van der Waals surface area contributed by atoms with Crippen LogP contribution in [0.5, 0.6) is 0 Å². The summed E-state index contributed by atoms with van der Waals surface area (Å²) < 4.78 is 0.954. The highest BCUT2D eigenvalue weighted by Gasteiger charge is 2.14. The van der Waals surface area contributed by atoms with Crippen LogP contribution in [-0.4, -0.2) is 16.2 Å². The zero-order chi connectivity index (χ0) is 13.8. The van der Waals surface area contributed by atoms with Crippen LogP contribution < -0.4 is 5.32 Å². The van der Waals surface area contributed by atoms with Crippen LogP contribution in [0.2, 0.25) is 5.02 Å². The number of anilines is 1. The standard InChI is InChI=1S/C13H16ClN3S2/c1-8(2)15-12-16-17-13(19-12)18-9(3)10-6-4-5-7-11(10)14/h4-9H,1-3H3,(H,15,16). The number of nitrogens with one attached hydrogen (secondary N) is 1. The van der Waals surface area contributed by atoms with E-state index in [9.17, 15) is 0 Å². The van der Waals surface area contributed by atoms with E-state index in [0.717, 1.165) is 20.1 Å². The Balaban J connectivity index is 2.05. The summed E-state index contributed by atoms with van der Waals surface area (Å²) in [5, 5.41) is 13.5. The van der Waals surface area contributed by atoms with E-state index in [2.05, 4.69) is 36.3 Å². The van der Waals surface area contributed by atoms with Crippen molar-refractivity contribution in [2.45, 2.75) is 36.4 Å². The highest BCUT2D eigenvalue weighted by molar-refractivity contribution is 8.01. The van der Waals surface area contributed by atoms with E-state index in [0.29, 0.717) is 6.04 Å². The van der Waals surface area contributed by atoms with Gasteiger partial charge in [0.2, 0.25) is 5.13 Å². The van der Waals surface area contributed by atoms with Gasteiger partial charge in [-0.1, -0.05) is 52.9 Å². The van der Waals surface area contributed by atoms with E-state index in [4.69, 9.17) is 11.6 Å². The first-order chi connectivity index (χ1) is 9.06. The van der Waals surface area contributed by atoms with Gasteiger partial charge >= 0.3 is 0 Å². The molecule has 1 atom stereocenters. The van der Waals surface area contributed by atoms with E-state index in [1.807, 2.05) is 24.3 Å². The SMILES string of the molecule is CC(C)Nc1nnc(SC(C)c2ccccc2Cl)s1. The molecule has 0 aliphatic heterocycles. The number of hydrogen-bond donors (Lipinski definition) is 1. The topological polar surface area (TPSA) is 37.8 Å². The van der Waals surface area contributed by atoms with Gasteiger partial charge in [0, 0.05) is 16.3 Å². The summed E-state index contributed by atoms with van der Waals surface area (Å²) in [6.45, 7) is 6.30. The van der Waals surface area contributed by atoms with Crippen molar-refractivity contribution in [2.75, 3.05) is 5.32 Å². The first kappa shape index (κ1) is 14.6. The number of rotatable bonds is 5. The van der Waals surface area contributed by atoms with Gasteiger partial charge in [0.1, 0.15) is 0 Å². The zero-order valence-electron chi connectivity index (χ0n) is 11.1. The summed E-state index contributed by atoms with van der Waals surface area (Å²) in [5.41, 5.74) is 1.13. The molecule has 1 heterocycles. The summed E-state index contributed by atoms with van der Waals surface area (Å²) >= 11 is 9.46. The Morgan fingerprint density at radius 3 is 2.63 bits per heavy atom. The molecule has 0 amide bonds. The molecule has 0 fully saturated rings. The van der Waals surface area contributed by atoms with E-state index < -0.39 is 0 Å². The molecular weight excluding hydrogens is 298 g/mol. The lowest BCUT2D eigenvalue weighted by molar-refractivity contribution is 0.883. The molecule has 1 N–H and O–H groups in total. The fourth-order valence-electron chi connectivity index (χ4n) is 1.58. The lowest BCUT2D eigenvalue weighted by Crippen LogP contribution is -2.08. The number of halogens is 1. The molecule has 0 saturated heterocycles. The normalized spacial score (nSPS) is 12.7. The van der Waals surface area contributed by atoms with Crippen molar-refractivity contribution in [3.8, 4) is 0 Å². The average molecular weight is 314 g/mol. The lowest BCUT2D eigenvalue weighted by Gasteiger charge is -2.10. The first-order valence-electron chi connectivity index (χ1n) is 6.07. The number of hydrogen-bond acceptors (Lipinski definition) is 5. The molecule has 0 aliphatic carbocycles. The molecule has 0 spiro atoms. The first-order valence-corrected chi connectivity index (χ1v) is 8.15. The van der Waals surface area contributed by atoms with Gasteiger partial charge in [-0.25, -0.2) is 0 Å². The number of aromatic nitrogens is 2. The fourth-order valence-corrected chi connectivity index (χ4v) is 4.15. The molecule has 2 aromatic rings. The number of nitrogens with zero attached hydrogens (tertiary/aromatic N) is 2. The van der Waals surface area contributed by atoms with Gasteiger partial charge in [-0.05, 0) is 32.4 Å². The molecule has 0 aliphatic rings. The van der Waals surface area contributed by atoms with Crippen LogP contribution >= 0.6 is 34.7 Å². The zero-order valence-corrected chi connectivity index (χ0v) is 13.4. The molecular formula is C13H16ClN3S2. The number of benzene rings is 1. The van der Waals surface area contributed by atoms with Gasteiger partial charge in [0.25, 0.3) is 0 Å². The highest BCUT2D eigenvalue weighted by atomic mass is 35.5. The van der Waals surface area contributed by atoms with Crippen molar-refractivity contribution < 1.29 is 0 Å². The lowest BCUT2D eigenvalue weighted by atomic mass is 10.2. The summed E-state index contributed by atoms with van der Waals surface area (Å²) in [6, 6.07) is 8.28. The monoisotopic (exact) mass is 313 g/mol. The summed E-state index contributed by atoms with van der Waals surface area (Å²) in [7, 11) is 0. The molecule has 3 nitrogen and oxygen atoms in total. The van der Waals surface area contributed by atoms with Crippen molar-refractivity contribution in [2.24, 2.45) is 0 Å². The smallest absolute Gasteiger partial charge is 0.206 e. The third-order valence-corrected chi connectivity index (χ3v) is 4.86. The second-order valence-electron chi connectivity index (χ2n) is 4.45. The van der Waals surface area contributed by atoms with Gasteiger partial charge in [-0.15, -0.1) is 10.2 Å². The minimum Gasteiger partial charge on any atom is -0.358 e. The van der Waals surface area contributed by atoms with Gasteiger partial charge < -0.3 is 5.32 Å². The minimum atomic E-state index is 0.258. The van der Waals surface area contributed by atoms with Crippen molar-refractivity contribution >= 4 is 39.8 Å². The van der Waals surface area contributed by atoms with Crippen LogP contribution in [0, 0.1) is 0 Å². The molecule has 1 unspecified atom stereocenters. The summed E-state index contributed by atoms with van der Waals surface area (Å²) in [6.07, 6.45) is 0. The molecule has 19 heavy (non-hydrogen) atoms. The predicted octanol–water partition coefficient (Wildman–Crippen LogP) is 4.87. The van der Waals surface area contributed by atoms with E-state index in [1.54, 1.807) is 23.1 Å².